The van der Waals surface area contributed by atoms with Crippen molar-refractivity contribution in [2.75, 3.05) is 6.61 Å². The molecule has 0 radical (unpaired) electrons. The summed E-state index contributed by atoms with van der Waals surface area (Å²) in [5.41, 5.74) is 0.689. The number of carbonyl (C=O) groups is 1. The molecule has 0 aliphatic rings. The predicted octanol–water partition coefficient (Wildman–Crippen LogP) is 2.23. The first-order valence-electron chi connectivity index (χ1n) is 7.60. The molecule has 2 atom stereocenters. The molecule has 23 heavy (non-hydrogen) atoms. The van der Waals surface area contributed by atoms with E-state index >= 15 is 0 Å². The molecule has 7 heteroatoms. The van der Waals surface area contributed by atoms with Crippen molar-refractivity contribution >= 4 is 17.5 Å². The van der Waals surface area contributed by atoms with E-state index in [2.05, 4.69) is 15.4 Å². The van der Waals surface area contributed by atoms with Crippen LogP contribution >= 0.6 is 11.6 Å². The van der Waals surface area contributed by atoms with Crippen LogP contribution in [0.25, 0.3) is 5.69 Å². The Morgan fingerprint density at radius 3 is 2.70 bits per heavy atom. The molecule has 2 rings (SSSR count). The van der Waals surface area contributed by atoms with Crippen molar-refractivity contribution in [2.24, 2.45) is 5.92 Å². The van der Waals surface area contributed by atoms with Crippen molar-refractivity contribution in [2.45, 2.75) is 33.2 Å². The van der Waals surface area contributed by atoms with Crippen LogP contribution in [0.4, 0.5) is 0 Å². The molecule has 2 unspecified atom stereocenters. The number of rotatable bonds is 6. The second kappa shape index (κ2) is 7.57. The number of hydrogen-bond acceptors (Lipinski definition) is 4. The summed E-state index contributed by atoms with van der Waals surface area (Å²) in [4.78, 5) is 16.6. The van der Waals surface area contributed by atoms with E-state index in [1.807, 2.05) is 39.0 Å². The van der Waals surface area contributed by atoms with Gasteiger partial charge in [-0.05, 0) is 25.0 Å². The van der Waals surface area contributed by atoms with Crippen LogP contribution < -0.4 is 5.32 Å². The number of benzene rings is 1. The van der Waals surface area contributed by atoms with Gasteiger partial charge >= 0.3 is 0 Å². The molecule has 0 spiro atoms. The van der Waals surface area contributed by atoms with Crippen LogP contribution in [0.3, 0.4) is 0 Å². The molecule has 1 heterocycles. The number of halogens is 1. The highest BCUT2D eigenvalue weighted by Gasteiger charge is 2.21. The van der Waals surface area contributed by atoms with Gasteiger partial charge in [-0.25, -0.2) is 9.67 Å². The molecule has 0 aliphatic carbocycles. The van der Waals surface area contributed by atoms with Crippen molar-refractivity contribution < 1.29 is 9.90 Å². The molecule has 2 aromatic rings. The lowest BCUT2D eigenvalue weighted by Crippen LogP contribution is -2.38. The minimum Gasteiger partial charge on any atom is -0.396 e. The number of amides is 1. The Kier molecular flexibility index (Phi) is 5.74. The third-order valence-corrected chi connectivity index (χ3v) is 4.09. The van der Waals surface area contributed by atoms with Gasteiger partial charge in [0.05, 0.1) is 10.7 Å². The topological polar surface area (TPSA) is 80.0 Å². The van der Waals surface area contributed by atoms with Gasteiger partial charge in [-0.2, -0.15) is 0 Å². The second-order valence-electron chi connectivity index (χ2n) is 5.49. The first-order valence-corrected chi connectivity index (χ1v) is 7.98. The van der Waals surface area contributed by atoms with Gasteiger partial charge in [0.2, 0.25) is 5.82 Å². The Morgan fingerprint density at radius 1 is 1.39 bits per heavy atom. The molecule has 0 aliphatic heterocycles. The highest BCUT2D eigenvalue weighted by molar-refractivity contribution is 6.32. The van der Waals surface area contributed by atoms with Gasteiger partial charge < -0.3 is 10.4 Å². The van der Waals surface area contributed by atoms with Crippen LogP contribution in [0, 0.1) is 5.92 Å². The Bertz CT molecular complexity index is 686. The lowest BCUT2D eigenvalue weighted by atomic mass is 10.1. The van der Waals surface area contributed by atoms with Crippen LogP contribution in [-0.4, -0.2) is 38.4 Å². The summed E-state index contributed by atoms with van der Waals surface area (Å²) >= 11 is 6.20. The average molecular weight is 337 g/mol. The van der Waals surface area contributed by atoms with Crippen LogP contribution in [0.5, 0.6) is 0 Å². The largest absolute Gasteiger partial charge is 0.396 e. The second-order valence-corrected chi connectivity index (χ2v) is 5.90. The Balaban J connectivity index is 2.29. The van der Waals surface area contributed by atoms with Crippen molar-refractivity contribution in [1.82, 2.24) is 20.1 Å². The van der Waals surface area contributed by atoms with E-state index < -0.39 is 0 Å². The summed E-state index contributed by atoms with van der Waals surface area (Å²) in [5.74, 6) is 0.346. The smallest absolute Gasteiger partial charge is 0.291 e. The molecule has 2 N–H and O–H groups in total. The third-order valence-electron chi connectivity index (χ3n) is 3.77. The molecule has 0 saturated heterocycles. The highest BCUT2D eigenvalue weighted by atomic mass is 35.5. The monoisotopic (exact) mass is 336 g/mol. The number of nitrogens with zero attached hydrogens (tertiary/aromatic N) is 3. The van der Waals surface area contributed by atoms with E-state index in [0.29, 0.717) is 23.0 Å². The van der Waals surface area contributed by atoms with Crippen molar-refractivity contribution in [3.63, 3.8) is 0 Å². The van der Waals surface area contributed by atoms with Gasteiger partial charge in [0.15, 0.2) is 0 Å². The van der Waals surface area contributed by atoms with Crippen molar-refractivity contribution in [3.8, 4) is 5.69 Å². The van der Waals surface area contributed by atoms with E-state index in [9.17, 15) is 4.79 Å². The van der Waals surface area contributed by atoms with Gasteiger partial charge in [0, 0.05) is 19.1 Å². The zero-order valence-corrected chi connectivity index (χ0v) is 14.2. The van der Waals surface area contributed by atoms with E-state index in [-0.39, 0.29) is 30.3 Å². The summed E-state index contributed by atoms with van der Waals surface area (Å²) in [6.45, 7) is 5.64. The van der Waals surface area contributed by atoms with Gasteiger partial charge in [-0.3, -0.25) is 4.79 Å². The van der Waals surface area contributed by atoms with Crippen LogP contribution in [0.15, 0.2) is 24.3 Å². The third kappa shape index (κ3) is 3.89. The number of aliphatic hydroxyl groups excluding tert-OH is 1. The van der Waals surface area contributed by atoms with Crippen LogP contribution in [0.1, 0.15) is 37.2 Å². The number of aromatic nitrogens is 3. The molecule has 1 aromatic heterocycles. The molecule has 1 aromatic carbocycles. The van der Waals surface area contributed by atoms with Gasteiger partial charge in [-0.1, -0.05) is 37.6 Å². The first kappa shape index (κ1) is 17.4. The number of hydrogen-bond donors (Lipinski definition) is 2. The molecule has 0 bridgehead atoms. The van der Waals surface area contributed by atoms with Crippen molar-refractivity contribution in [3.05, 3.63) is 40.9 Å². The standard InChI is InChI=1S/C16H21ClN4O2/c1-4-14-19-15(16(23)18-11(3)10(2)9-22)20-21(14)13-8-6-5-7-12(13)17/h5-8,10-11,22H,4,9H2,1-3H3,(H,18,23). The number of aryl methyl sites for hydroxylation is 1. The molecule has 6 nitrogen and oxygen atoms in total. The zero-order valence-electron chi connectivity index (χ0n) is 13.5. The van der Waals surface area contributed by atoms with E-state index in [0.717, 1.165) is 0 Å². The number of para-hydroxylation sites is 1. The lowest BCUT2D eigenvalue weighted by molar-refractivity contribution is 0.0905. The zero-order chi connectivity index (χ0) is 17.0. The summed E-state index contributed by atoms with van der Waals surface area (Å²) in [6.07, 6.45) is 0.619. The maximum Gasteiger partial charge on any atom is 0.291 e. The van der Waals surface area contributed by atoms with E-state index in [1.165, 1.54) is 0 Å². The minimum atomic E-state index is -0.363. The summed E-state index contributed by atoms with van der Waals surface area (Å²) in [7, 11) is 0. The molecular formula is C16H21ClN4O2. The van der Waals surface area contributed by atoms with Gasteiger partial charge in [-0.15, -0.1) is 5.10 Å². The molecule has 0 fully saturated rings. The number of nitrogens with one attached hydrogen (secondary N) is 1. The predicted molar refractivity (Wildman–Crippen MR) is 88.9 cm³/mol. The van der Waals surface area contributed by atoms with Crippen LogP contribution in [-0.2, 0) is 6.42 Å². The quantitative estimate of drug-likeness (QED) is 0.847. The van der Waals surface area contributed by atoms with Gasteiger partial charge in [0.25, 0.3) is 5.91 Å². The number of carbonyl (C=O) groups excluding carboxylic acids is 1. The Hall–Kier alpha value is -1.92. The summed E-state index contributed by atoms with van der Waals surface area (Å²) < 4.78 is 1.59. The maximum atomic E-state index is 12.3. The fourth-order valence-corrected chi connectivity index (χ4v) is 2.27. The molecular weight excluding hydrogens is 316 g/mol. The normalized spacial score (nSPS) is 13.6. The molecule has 1 amide bonds. The average Bonchev–Trinajstić information content (AvgIpc) is 2.98. The number of aliphatic hydroxyl groups is 1. The van der Waals surface area contributed by atoms with Crippen molar-refractivity contribution in [1.29, 1.82) is 0 Å². The lowest BCUT2D eigenvalue weighted by Gasteiger charge is -2.18. The first-order chi connectivity index (χ1) is 11.0. The Labute approximate surface area is 140 Å². The maximum absolute atomic E-state index is 12.3. The summed E-state index contributed by atoms with van der Waals surface area (Å²) in [5, 5.41) is 16.8. The fourth-order valence-electron chi connectivity index (χ4n) is 2.06. The van der Waals surface area contributed by atoms with E-state index in [4.69, 9.17) is 16.7 Å². The van der Waals surface area contributed by atoms with E-state index in [1.54, 1.807) is 10.7 Å². The minimum absolute atomic E-state index is 0.00312. The molecule has 0 saturated carbocycles. The van der Waals surface area contributed by atoms with Gasteiger partial charge in [0.1, 0.15) is 5.82 Å². The summed E-state index contributed by atoms with van der Waals surface area (Å²) in [6, 6.07) is 7.11. The highest BCUT2D eigenvalue weighted by Crippen LogP contribution is 2.20. The fraction of sp³-hybridized carbons (Fsp3) is 0.438. The van der Waals surface area contributed by atoms with Crippen LogP contribution in [0.2, 0.25) is 5.02 Å². The molecule has 124 valence electrons. The Morgan fingerprint density at radius 2 is 2.09 bits per heavy atom. The SMILES string of the molecule is CCc1nc(C(=O)NC(C)C(C)CO)nn1-c1ccccc1Cl.